The van der Waals surface area contributed by atoms with Crippen LogP contribution in [0, 0.1) is 0 Å². The number of thiocarbonyl (C=S) groups is 1. The second-order valence-corrected chi connectivity index (χ2v) is 8.52. The van der Waals surface area contributed by atoms with E-state index in [0.717, 1.165) is 6.42 Å². The lowest BCUT2D eigenvalue weighted by Crippen LogP contribution is -2.52. The molecule has 154 valence electrons. The fourth-order valence-electron chi connectivity index (χ4n) is 2.91. The summed E-state index contributed by atoms with van der Waals surface area (Å²) < 4.78 is 24.7. The van der Waals surface area contributed by atoms with Gasteiger partial charge in [0.15, 0.2) is 5.11 Å². The zero-order valence-electron chi connectivity index (χ0n) is 15.1. The fraction of sp³-hybridized carbons (Fsp3) is 0.278. The number of nitrogens with one attached hydrogen (secondary N) is 3. The van der Waals surface area contributed by atoms with E-state index in [1.807, 2.05) is 5.38 Å². The molecule has 3 N–H and O–H groups in total. The third-order valence-electron chi connectivity index (χ3n) is 4.18. The van der Waals surface area contributed by atoms with Crippen molar-refractivity contribution < 1.29 is 18.4 Å². The molecule has 0 radical (unpaired) electrons. The molecule has 3 rings (SSSR count). The number of nitrogens with zero attached hydrogens (tertiary/aromatic N) is 1. The minimum Gasteiger partial charge on any atom is -0.331 e. The maximum absolute atomic E-state index is 12.5. The lowest BCUT2D eigenvalue weighted by atomic mass is 10.2. The second kappa shape index (κ2) is 9.99. The summed E-state index contributed by atoms with van der Waals surface area (Å²) in [6.45, 7) is 0.528. The van der Waals surface area contributed by atoms with E-state index >= 15 is 0 Å². The molecule has 0 bridgehead atoms. The number of carbonyl (C=O) groups is 2. The summed E-state index contributed by atoms with van der Waals surface area (Å²) in [6, 6.07) is 9.29. The third kappa shape index (κ3) is 5.87. The van der Waals surface area contributed by atoms with Crippen LogP contribution in [0.2, 0.25) is 0 Å². The van der Waals surface area contributed by atoms with Crippen molar-refractivity contribution in [1.82, 2.24) is 15.8 Å². The number of likely N-dealkylation sites (tertiary alicyclic amines) is 1. The molecule has 2 aromatic rings. The van der Waals surface area contributed by atoms with E-state index in [9.17, 15) is 18.4 Å². The van der Waals surface area contributed by atoms with Gasteiger partial charge in [0.25, 0.3) is 17.6 Å². The highest BCUT2D eigenvalue weighted by Crippen LogP contribution is 2.26. The Kier molecular flexibility index (Phi) is 7.40. The minimum absolute atomic E-state index is 0.141. The Hall–Kier alpha value is -2.24. The molecule has 1 unspecified atom stereocenters. The van der Waals surface area contributed by atoms with E-state index in [1.54, 1.807) is 41.3 Å². The van der Waals surface area contributed by atoms with Gasteiger partial charge in [0.2, 0.25) is 0 Å². The molecule has 1 aliphatic heterocycles. The highest BCUT2D eigenvalue weighted by Gasteiger charge is 2.34. The van der Waals surface area contributed by atoms with Gasteiger partial charge in [-0.3, -0.25) is 20.4 Å². The van der Waals surface area contributed by atoms with Crippen molar-refractivity contribution in [2.45, 2.75) is 29.5 Å². The number of amides is 2. The standard InChI is InChI=1S/C18H18F2N4O2S3/c19-17(20)29-12-7-5-11(6-8-12)21-18(27)23-22-15(25)13-3-1-9-24(13)16(26)14-4-2-10-28-14/h2,4-8,10,13,17H,1,3,9H2,(H,22,25)(H2,21,23,27). The van der Waals surface area contributed by atoms with E-state index in [2.05, 4.69) is 16.2 Å². The smallest absolute Gasteiger partial charge is 0.288 e. The van der Waals surface area contributed by atoms with Crippen molar-refractivity contribution in [3.05, 3.63) is 46.7 Å². The summed E-state index contributed by atoms with van der Waals surface area (Å²) in [5.74, 6) is -2.98. The Labute approximate surface area is 180 Å². The molecule has 2 heterocycles. The highest BCUT2D eigenvalue weighted by atomic mass is 32.2. The van der Waals surface area contributed by atoms with Crippen LogP contribution >= 0.6 is 35.3 Å². The van der Waals surface area contributed by atoms with Gasteiger partial charge in [0.1, 0.15) is 6.04 Å². The predicted octanol–water partition coefficient (Wildman–Crippen LogP) is 3.69. The lowest BCUT2D eigenvalue weighted by Gasteiger charge is -2.23. The number of carbonyl (C=O) groups excluding carboxylic acids is 2. The highest BCUT2D eigenvalue weighted by molar-refractivity contribution is 7.99. The molecule has 1 aromatic heterocycles. The molecule has 2 amide bonds. The number of hydrogen-bond acceptors (Lipinski definition) is 5. The third-order valence-corrected chi connectivity index (χ3v) is 5.97. The number of thiophene rings is 1. The molecule has 0 spiro atoms. The molecule has 0 saturated carbocycles. The number of hydrazine groups is 1. The molecule has 1 fully saturated rings. The largest absolute Gasteiger partial charge is 0.331 e. The zero-order chi connectivity index (χ0) is 20.8. The number of thioether (sulfide) groups is 1. The van der Waals surface area contributed by atoms with Crippen molar-refractivity contribution in [2.24, 2.45) is 0 Å². The summed E-state index contributed by atoms with van der Waals surface area (Å²) in [5, 5.41) is 4.82. The number of anilines is 1. The minimum atomic E-state index is -2.48. The lowest BCUT2D eigenvalue weighted by molar-refractivity contribution is -0.125. The van der Waals surface area contributed by atoms with Crippen molar-refractivity contribution in [3.8, 4) is 0 Å². The first kappa shape index (κ1) is 21.5. The van der Waals surface area contributed by atoms with Crippen LogP contribution in [0.25, 0.3) is 0 Å². The second-order valence-electron chi connectivity index (χ2n) is 6.11. The Morgan fingerprint density at radius 3 is 2.62 bits per heavy atom. The monoisotopic (exact) mass is 456 g/mol. The summed E-state index contributed by atoms with van der Waals surface area (Å²) >= 11 is 6.94. The summed E-state index contributed by atoms with van der Waals surface area (Å²) in [5.41, 5.74) is 5.72. The quantitative estimate of drug-likeness (QED) is 0.362. The fourth-order valence-corrected chi connectivity index (χ4v) is 4.25. The molecule has 0 aliphatic carbocycles. The van der Waals surface area contributed by atoms with Crippen LogP contribution in [-0.2, 0) is 4.79 Å². The normalized spacial score (nSPS) is 16.0. The Morgan fingerprint density at radius 1 is 1.21 bits per heavy atom. The van der Waals surface area contributed by atoms with Crippen LogP contribution in [0.15, 0.2) is 46.7 Å². The van der Waals surface area contributed by atoms with Crippen LogP contribution in [0.1, 0.15) is 22.5 Å². The molecule has 1 aliphatic rings. The van der Waals surface area contributed by atoms with Gasteiger partial charge in [-0.25, -0.2) is 0 Å². The average molecular weight is 457 g/mol. The van der Waals surface area contributed by atoms with Gasteiger partial charge in [-0.1, -0.05) is 17.8 Å². The first-order valence-corrected chi connectivity index (χ1v) is 10.9. The van der Waals surface area contributed by atoms with Crippen molar-refractivity contribution >= 4 is 57.9 Å². The maximum Gasteiger partial charge on any atom is 0.288 e. The molecular formula is C18H18F2N4O2S3. The zero-order valence-corrected chi connectivity index (χ0v) is 17.5. The molecular weight excluding hydrogens is 438 g/mol. The van der Waals surface area contributed by atoms with Crippen molar-refractivity contribution in [3.63, 3.8) is 0 Å². The van der Waals surface area contributed by atoms with Crippen molar-refractivity contribution in [1.29, 1.82) is 0 Å². The van der Waals surface area contributed by atoms with Gasteiger partial charge in [-0.15, -0.1) is 11.3 Å². The van der Waals surface area contributed by atoms with E-state index in [0.29, 0.717) is 40.2 Å². The molecule has 1 atom stereocenters. The van der Waals surface area contributed by atoms with Gasteiger partial charge < -0.3 is 10.2 Å². The Balaban J connectivity index is 1.49. The predicted molar refractivity (Wildman–Crippen MR) is 114 cm³/mol. The van der Waals surface area contributed by atoms with Crippen LogP contribution in [0.5, 0.6) is 0 Å². The average Bonchev–Trinajstić information content (AvgIpc) is 3.38. The van der Waals surface area contributed by atoms with Crippen LogP contribution in [-0.4, -0.2) is 40.2 Å². The van der Waals surface area contributed by atoms with Crippen LogP contribution in [0.4, 0.5) is 14.5 Å². The Bertz CT molecular complexity index is 863. The van der Waals surface area contributed by atoms with Crippen LogP contribution < -0.4 is 16.2 Å². The van der Waals surface area contributed by atoms with Gasteiger partial charge in [-0.05, 0) is 60.8 Å². The number of rotatable bonds is 5. The van der Waals surface area contributed by atoms with Gasteiger partial charge in [-0.2, -0.15) is 8.78 Å². The van der Waals surface area contributed by atoms with Crippen LogP contribution in [0.3, 0.4) is 0 Å². The molecule has 6 nitrogen and oxygen atoms in total. The van der Waals surface area contributed by atoms with Gasteiger partial charge >= 0.3 is 0 Å². The Morgan fingerprint density at radius 2 is 1.97 bits per heavy atom. The number of hydrogen-bond donors (Lipinski definition) is 3. The SMILES string of the molecule is O=C(NNC(=S)Nc1ccc(SC(F)F)cc1)C1CCCN1C(=O)c1cccs1. The van der Waals surface area contributed by atoms with E-state index in [4.69, 9.17) is 12.2 Å². The first-order chi connectivity index (χ1) is 13.9. The van der Waals surface area contributed by atoms with E-state index < -0.39 is 11.8 Å². The molecule has 1 saturated heterocycles. The van der Waals surface area contributed by atoms with Gasteiger partial charge in [0, 0.05) is 17.1 Å². The number of benzene rings is 1. The number of halogens is 2. The molecule has 11 heteroatoms. The summed E-state index contributed by atoms with van der Waals surface area (Å²) in [7, 11) is 0. The summed E-state index contributed by atoms with van der Waals surface area (Å²) in [4.78, 5) is 27.7. The van der Waals surface area contributed by atoms with Crippen molar-refractivity contribution in [2.75, 3.05) is 11.9 Å². The first-order valence-electron chi connectivity index (χ1n) is 8.70. The molecule has 1 aromatic carbocycles. The molecule has 29 heavy (non-hydrogen) atoms. The topological polar surface area (TPSA) is 73.5 Å². The number of alkyl halides is 2. The van der Waals surface area contributed by atoms with E-state index in [-0.39, 0.29) is 16.9 Å². The maximum atomic E-state index is 12.5. The summed E-state index contributed by atoms with van der Waals surface area (Å²) in [6.07, 6.45) is 1.33. The van der Waals surface area contributed by atoms with Gasteiger partial charge in [0.05, 0.1) is 4.88 Å². The van der Waals surface area contributed by atoms with E-state index in [1.165, 1.54) is 11.3 Å².